The van der Waals surface area contributed by atoms with Gasteiger partial charge in [-0.25, -0.2) is 0 Å². The number of nitrogens with zero attached hydrogens (tertiary/aromatic N) is 1. The van der Waals surface area contributed by atoms with Crippen molar-refractivity contribution in [3.05, 3.63) is 0 Å². The zero-order valence-corrected chi connectivity index (χ0v) is 7.90. The molecular formula is C8H15NO4. The fraction of sp³-hybridized carbons (Fsp3) is 0.875. The first-order chi connectivity index (χ1) is 6.19. The van der Waals surface area contributed by atoms with Gasteiger partial charge in [-0.3, -0.25) is 9.69 Å². The molecule has 1 atom stereocenters. The summed E-state index contributed by atoms with van der Waals surface area (Å²) in [6.45, 7) is 1.32. The van der Waals surface area contributed by atoms with E-state index in [1.807, 2.05) is 4.90 Å². The molecule has 1 rings (SSSR count). The van der Waals surface area contributed by atoms with Gasteiger partial charge in [0.15, 0.2) is 6.29 Å². The summed E-state index contributed by atoms with van der Waals surface area (Å²) in [5, 5.41) is 8.74. The van der Waals surface area contributed by atoms with Crippen LogP contribution in [0.4, 0.5) is 0 Å². The molecule has 1 aliphatic rings. The topological polar surface area (TPSA) is 59.0 Å². The van der Waals surface area contributed by atoms with E-state index in [1.165, 1.54) is 0 Å². The van der Waals surface area contributed by atoms with Crippen molar-refractivity contribution in [1.29, 1.82) is 0 Å². The molecule has 0 aliphatic carbocycles. The van der Waals surface area contributed by atoms with Crippen molar-refractivity contribution in [3.63, 3.8) is 0 Å². The summed E-state index contributed by atoms with van der Waals surface area (Å²) < 4.78 is 9.95. The minimum Gasteiger partial charge on any atom is -0.480 e. The minimum atomic E-state index is -0.766. The quantitative estimate of drug-likeness (QED) is 0.605. The Morgan fingerprint density at radius 2 is 2.23 bits per heavy atom. The molecule has 13 heavy (non-hydrogen) atoms. The lowest BCUT2D eigenvalue weighted by Crippen LogP contribution is -2.55. The number of rotatable bonds is 5. The van der Waals surface area contributed by atoms with Crippen molar-refractivity contribution < 1.29 is 19.4 Å². The molecule has 0 spiro atoms. The van der Waals surface area contributed by atoms with E-state index >= 15 is 0 Å². The third-order valence-electron chi connectivity index (χ3n) is 2.32. The van der Waals surface area contributed by atoms with Crippen LogP contribution in [0.25, 0.3) is 0 Å². The van der Waals surface area contributed by atoms with E-state index in [-0.39, 0.29) is 12.3 Å². The molecule has 0 saturated carbocycles. The molecule has 5 heteroatoms. The molecule has 1 saturated heterocycles. The van der Waals surface area contributed by atoms with E-state index in [0.717, 1.165) is 13.0 Å². The average molecular weight is 189 g/mol. The van der Waals surface area contributed by atoms with Crippen molar-refractivity contribution in [2.45, 2.75) is 18.8 Å². The van der Waals surface area contributed by atoms with Crippen molar-refractivity contribution in [3.8, 4) is 0 Å². The lowest BCUT2D eigenvalue weighted by molar-refractivity contribution is -0.158. The molecule has 1 fully saturated rings. The van der Waals surface area contributed by atoms with Gasteiger partial charge < -0.3 is 14.6 Å². The van der Waals surface area contributed by atoms with E-state index in [1.54, 1.807) is 14.2 Å². The number of hydrogen-bond acceptors (Lipinski definition) is 4. The van der Waals surface area contributed by atoms with Gasteiger partial charge in [0.2, 0.25) is 0 Å². The van der Waals surface area contributed by atoms with E-state index in [0.29, 0.717) is 6.54 Å². The molecule has 1 unspecified atom stereocenters. The van der Waals surface area contributed by atoms with Crippen LogP contribution < -0.4 is 0 Å². The normalized spacial score (nSPS) is 23.2. The summed E-state index contributed by atoms with van der Waals surface area (Å²) >= 11 is 0. The zero-order valence-electron chi connectivity index (χ0n) is 7.90. The molecular weight excluding hydrogens is 174 g/mol. The van der Waals surface area contributed by atoms with Crippen LogP contribution in [0, 0.1) is 0 Å². The number of aliphatic carboxylic acids is 1. The Morgan fingerprint density at radius 3 is 2.54 bits per heavy atom. The highest BCUT2D eigenvalue weighted by atomic mass is 16.7. The van der Waals surface area contributed by atoms with Gasteiger partial charge in [0.05, 0.1) is 6.54 Å². The number of carboxylic acids is 1. The molecule has 0 radical (unpaired) electrons. The fourth-order valence-corrected chi connectivity index (χ4v) is 1.38. The molecule has 0 aromatic heterocycles. The van der Waals surface area contributed by atoms with Crippen LogP contribution in [0.2, 0.25) is 0 Å². The van der Waals surface area contributed by atoms with Crippen molar-refractivity contribution in [2.24, 2.45) is 0 Å². The third kappa shape index (κ3) is 2.40. The number of ether oxygens (including phenoxy) is 2. The van der Waals surface area contributed by atoms with Crippen LogP contribution in [0.5, 0.6) is 0 Å². The van der Waals surface area contributed by atoms with E-state index in [9.17, 15) is 4.79 Å². The maximum absolute atomic E-state index is 10.6. The smallest absolute Gasteiger partial charge is 0.320 e. The van der Waals surface area contributed by atoms with Crippen molar-refractivity contribution in [2.75, 3.05) is 27.3 Å². The number of carbonyl (C=O) groups is 1. The Balaban J connectivity index is 2.32. The molecule has 0 aromatic carbocycles. The highest BCUT2D eigenvalue weighted by molar-refractivity contribution is 5.74. The average Bonchev–Trinajstić information content (AvgIpc) is 2.03. The lowest BCUT2D eigenvalue weighted by Gasteiger charge is -2.39. The van der Waals surface area contributed by atoms with Gasteiger partial charge in [0, 0.05) is 20.8 Å². The molecule has 0 bridgehead atoms. The summed E-state index contributed by atoms with van der Waals surface area (Å²) in [5.41, 5.74) is 0. The summed E-state index contributed by atoms with van der Waals surface area (Å²) in [4.78, 5) is 12.5. The van der Waals surface area contributed by atoms with Crippen LogP contribution in [0.15, 0.2) is 0 Å². The second-order valence-corrected chi connectivity index (χ2v) is 3.04. The van der Waals surface area contributed by atoms with E-state index < -0.39 is 5.97 Å². The third-order valence-corrected chi connectivity index (χ3v) is 2.32. The van der Waals surface area contributed by atoms with Gasteiger partial charge in [-0.2, -0.15) is 0 Å². The molecule has 0 amide bonds. The van der Waals surface area contributed by atoms with Crippen LogP contribution in [-0.2, 0) is 14.3 Å². The first kappa shape index (κ1) is 10.4. The van der Waals surface area contributed by atoms with Crippen molar-refractivity contribution in [1.82, 2.24) is 4.90 Å². The Kier molecular flexibility index (Phi) is 3.65. The fourth-order valence-electron chi connectivity index (χ4n) is 1.38. The number of likely N-dealkylation sites (tertiary alicyclic amines) is 1. The monoisotopic (exact) mass is 189 g/mol. The standard InChI is InChI=1S/C8H15NO4/c1-12-7(13-2)5-9-4-3-6(9)8(10)11/h6-7H,3-5H2,1-2H3,(H,10,11). The first-order valence-corrected chi connectivity index (χ1v) is 4.21. The molecule has 5 nitrogen and oxygen atoms in total. The SMILES string of the molecule is COC(CN1CCC1C(=O)O)OC. The second-order valence-electron chi connectivity index (χ2n) is 3.04. The van der Waals surface area contributed by atoms with Gasteiger partial charge >= 0.3 is 5.97 Å². The predicted molar refractivity (Wildman–Crippen MR) is 45.4 cm³/mol. The highest BCUT2D eigenvalue weighted by Crippen LogP contribution is 2.18. The Morgan fingerprint density at radius 1 is 1.62 bits per heavy atom. The maximum Gasteiger partial charge on any atom is 0.320 e. The van der Waals surface area contributed by atoms with Crippen LogP contribution in [0.1, 0.15) is 6.42 Å². The first-order valence-electron chi connectivity index (χ1n) is 4.21. The van der Waals surface area contributed by atoms with Gasteiger partial charge in [-0.15, -0.1) is 0 Å². The molecule has 1 heterocycles. The summed E-state index contributed by atoms with van der Waals surface area (Å²) in [5.74, 6) is -0.766. The highest BCUT2D eigenvalue weighted by Gasteiger charge is 2.35. The molecule has 1 aliphatic heterocycles. The van der Waals surface area contributed by atoms with E-state index in [4.69, 9.17) is 14.6 Å². The number of carboxylic acid groups (broad SMARTS) is 1. The van der Waals surface area contributed by atoms with Crippen LogP contribution >= 0.6 is 0 Å². The van der Waals surface area contributed by atoms with Gasteiger partial charge in [-0.1, -0.05) is 0 Å². The largest absolute Gasteiger partial charge is 0.480 e. The second kappa shape index (κ2) is 4.55. The van der Waals surface area contributed by atoms with Gasteiger partial charge in [0.25, 0.3) is 0 Å². The molecule has 0 aromatic rings. The summed E-state index contributed by atoms with van der Waals surface area (Å²) in [7, 11) is 3.09. The number of methoxy groups -OCH3 is 2. The van der Waals surface area contributed by atoms with E-state index in [2.05, 4.69) is 0 Å². The Bertz CT molecular complexity index is 181. The van der Waals surface area contributed by atoms with Gasteiger partial charge in [0.1, 0.15) is 6.04 Å². The van der Waals surface area contributed by atoms with Gasteiger partial charge in [-0.05, 0) is 6.42 Å². The van der Waals surface area contributed by atoms with Crippen LogP contribution in [0.3, 0.4) is 0 Å². The minimum absolute atomic E-state index is 0.331. The maximum atomic E-state index is 10.6. The summed E-state index contributed by atoms with van der Waals surface area (Å²) in [6, 6.07) is -0.354. The molecule has 76 valence electrons. The lowest BCUT2D eigenvalue weighted by atomic mass is 10.0. The van der Waals surface area contributed by atoms with Crippen molar-refractivity contribution >= 4 is 5.97 Å². The number of hydrogen-bond donors (Lipinski definition) is 1. The van der Waals surface area contributed by atoms with Crippen LogP contribution in [-0.4, -0.2) is 55.6 Å². The molecule has 1 N–H and O–H groups in total. The Labute approximate surface area is 77.2 Å². The summed E-state index contributed by atoms with van der Waals surface area (Å²) in [6.07, 6.45) is 0.386. The Hall–Kier alpha value is -0.650. The predicted octanol–water partition coefficient (Wildman–Crippen LogP) is -0.236. The zero-order chi connectivity index (χ0) is 9.84.